The minimum absolute atomic E-state index is 0.0398. The van der Waals surface area contributed by atoms with Gasteiger partial charge in [-0.3, -0.25) is 33.6 Å². The van der Waals surface area contributed by atoms with Gasteiger partial charge >= 0.3 is 6.18 Å². The van der Waals surface area contributed by atoms with Gasteiger partial charge in [0.15, 0.2) is 0 Å². The SMILES string of the molecule is CC[C@H](NC(=O)C1(C(F)(F)F)CCCCC1)C(=O)N[C@H](C(=O)N(C)[C@H]1CCCCNC(=O)[C@@H](CC)NC(=O)[C@H](Cc2cc(Cl)ccc2Cl)N(C)C(=O)[C@H](CC(C)C)NC1=O)C1CC1. The van der Waals surface area contributed by atoms with E-state index in [4.69, 9.17) is 23.2 Å². The highest BCUT2D eigenvalue weighted by Gasteiger charge is 2.60. The van der Waals surface area contributed by atoms with E-state index in [1.165, 1.54) is 23.9 Å². The quantitative estimate of drug-likeness (QED) is 0.180. The van der Waals surface area contributed by atoms with Crippen molar-refractivity contribution in [1.82, 2.24) is 36.4 Å². The topological polar surface area (TPSA) is 186 Å². The predicted molar refractivity (Wildman–Crippen MR) is 232 cm³/mol. The maximum absolute atomic E-state index is 14.5. The summed E-state index contributed by atoms with van der Waals surface area (Å²) >= 11 is 12.8. The number of carbonyl (C=O) groups excluding carboxylic acids is 7. The molecule has 0 bridgehead atoms. The van der Waals surface area contributed by atoms with E-state index in [0.29, 0.717) is 47.7 Å². The fourth-order valence-electron chi connectivity index (χ4n) is 8.47. The molecule has 1 aromatic rings. The van der Waals surface area contributed by atoms with Crippen LogP contribution in [0, 0.1) is 17.3 Å². The summed E-state index contributed by atoms with van der Waals surface area (Å²) in [5.74, 6) is -5.49. The zero-order valence-electron chi connectivity index (χ0n) is 37.1. The molecular formula is C44H64Cl2F3N7O7. The van der Waals surface area contributed by atoms with Crippen LogP contribution in [0.15, 0.2) is 18.2 Å². The van der Waals surface area contributed by atoms with E-state index in [1.54, 1.807) is 32.0 Å². The van der Waals surface area contributed by atoms with Crippen molar-refractivity contribution in [3.8, 4) is 0 Å². The lowest BCUT2D eigenvalue weighted by molar-refractivity contribution is -0.230. The molecule has 5 N–H and O–H groups in total. The van der Waals surface area contributed by atoms with Gasteiger partial charge in [-0.15, -0.1) is 0 Å². The van der Waals surface area contributed by atoms with Crippen molar-refractivity contribution >= 4 is 64.6 Å². The van der Waals surface area contributed by atoms with E-state index in [0.717, 1.165) is 0 Å². The normalized spacial score (nSPS) is 24.1. The number of hydrogen-bond donors (Lipinski definition) is 5. The first-order valence-electron chi connectivity index (χ1n) is 22.2. The highest BCUT2D eigenvalue weighted by molar-refractivity contribution is 6.33. The van der Waals surface area contributed by atoms with E-state index in [-0.39, 0.29) is 76.2 Å². The van der Waals surface area contributed by atoms with E-state index >= 15 is 0 Å². The molecule has 352 valence electrons. The van der Waals surface area contributed by atoms with E-state index in [2.05, 4.69) is 26.6 Å². The van der Waals surface area contributed by atoms with Crippen LogP contribution >= 0.6 is 23.2 Å². The number of rotatable bonds is 13. The van der Waals surface area contributed by atoms with Gasteiger partial charge in [0.1, 0.15) is 41.7 Å². The number of halogens is 5. The Kier molecular flexibility index (Phi) is 18.5. The molecule has 2 aliphatic carbocycles. The molecule has 0 aromatic heterocycles. The zero-order valence-corrected chi connectivity index (χ0v) is 38.6. The van der Waals surface area contributed by atoms with Crippen LogP contribution in [0.5, 0.6) is 0 Å². The summed E-state index contributed by atoms with van der Waals surface area (Å²) in [4.78, 5) is 100. The van der Waals surface area contributed by atoms with Gasteiger partial charge in [0.2, 0.25) is 41.4 Å². The number of carbonyl (C=O) groups is 7. The van der Waals surface area contributed by atoms with Crippen LogP contribution in [0.2, 0.25) is 10.0 Å². The zero-order chi connectivity index (χ0) is 46.8. The average molecular weight is 931 g/mol. The van der Waals surface area contributed by atoms with Gasteiger partial charge in [-0.25, -0.2) is 0 Å². The summed E-state index contributed by atoms with van der Waals surface area (Å²) in [6.45, 7) is 7.20. The number of amides is 7. The molecule has 1 aromatic carbocycles. The van der Waals surface area contributed by atoms with E-state index < -0.39 is 89.2 Å². The summed E-state index contributed by atoms with van der Waals surface area (Å²) < 4.78 is 43.1. The molecule has 7 amide bonds. The summed E-state index contributed by atoms with van der Waals surface area (Å²) in [6.07, 6.45) is -2.30. The molecular weight excluding hydrogens is 866 g/mol. The summed E-state index contributed by atoms with van der Waals surface area (Å²) in [5, 5.41) is 14.2. The second-order valence-corrected chi connectivity index (χ2v) is 18.6. The van der Waals surface area contributed by atoms with Crippen molar-refractivity contribution in [3.63, 3.8) is 0 Å². The molecule has 19 heteroatoms. The second-order valence-electron chi connectivity index (χ2n) is 17.7. The van der Waals surface area contributed by atoms with Crippen molar-refractivity contribution in [3.05, 3.63) is 33.8 Å². The highest BCUT2D eigenvalue weighted by atomic mass is 35.5. The molecule has 0 radical (unpaired) electrons. The molecule has 1 heterocycles. The Bertz CT molecular complexity index is 1830. The van der Waals surface area contributed by atoms with Gasteiger partial charge in [0.05, 0.1) is 0 Å². The lowest BCUT2D eigenvalue weighted by atomic mass is 9.72. The molecule has 0 unspecified atom stereocenters. The predicted octanol–water partition coefficient (Wildman–Crippen LogP) is 5.22. The third-order valence-electron chi connectivity index (χ3n) is 12.6. The van der Waals surface area contributed by atoms with Crippen molar-refractivity contribution in [2.45, 2.75) is 160 Å². The molecule has 6 atom stereocenters. The molecule has 4 rings (SSSR count). The van der Waals surface area contributed by atoms with Crippen molar-refractivity contribution in [1.29, 1.82) is 0 Å². The van der Waals surface area contributed by atoms with E-state index in [9.17, 15) is 46.7 Å². The lowest BCUT2D eigenvalue weighted by Gasteiger charge is -2.38. The van der Waals surface area contributed by atoms with E-state index in [1.807, 2.05) is 13.8 Å². The lowest BCUT2D eigenvalue weighted by Crippen LogP contribution is -2.61. The van der Waals surface area contributed by atoms with Gasteiger partial charge in [0.25, 0.3) is 0 Å². The largest absolute Gasteiger partial charge is 0.403 e. The summed E-state index contributed by atoms with van der Waals surface area (Å²) in [6, 6.07) is -2.23. The Hall–Kier alpha value is -4.12. The maximum Gasteiger partial charge on any atom is 0.403 e. The molecule has 2 saturated carbocycles. The molecule has 1 saturated heterocycles. The first-order chi connectivity index (χ1) is 29.6. The van der Waals surface area contributed by atoms with Crippen LogP contribution in [0.1, 0.15) is 117 Å². The van der Waals surface area contributed by atoms with Crippen LogP contribution in [-0.2, 0) is 40.0 Å². The number of benzene rings is 1. The van der Waals surface area contributed by atoms with Gasteiger partial charge in [-0.2, -0.15) is 13.2 Å². The number of hydrogen-bond acceptors (Lipinski definition) is 7. The first-order valence-corrected chi connectivity index (χ1v) is 22.9. The van der Waals surface area contributed by atoms with Crippen molar-refractivity contribution < 1.29 is 46.7 Å². The first kappa shape index (κ1) is 51.5. The number of likely N-dealkylation sites (N-methyl/N-ethyl adjacent to an activating group) is 2. The Labute approximate surface area is 378 Å². The average Bonchev–Trinajstić information content (AvgIpc) is 4.08. The fraction of sp³-hybridized carbons (Fsp3) is 0.705. The number of nitrogens with one attached hydrogen (secondary N) is 5. The standard InChI is InChI=1S/C44H64Cl2F3N7O7/c1-7-30-36(57)50-21-13-10-14-33(38(59)52-32(22-25(3)4)40(61)56(6)34(39(60)51-30)24-27-23-28(45)17-18-29(27)46)55(5)41(62)35(26-15-16-26)54-37(58)31(8-2)53-42(63)43(44(47,48)49)19-11-9-12-20-43/h17-18,23,25-26,30-35H,7-16,19-22,24H2,1-6H3,(H,50,57)(H,51,60)(H,52,59)(H,53,63)(H,54,58)/t30-,31+,32+,33+,34+,35+/m1/s1. The Morgan fingerprint density at radius 1 is 0.905 bits per heavy atom. The van der Waals surface area contributed by atoms with Gasteiger partial charge < -0.3 is 36.4 Å². The van der Waals surface area contributed by atoms with Crippen LogP contribution < -0.4 is 26.6 Å². The van der Waals surface area contributed by atoms with Crippen LogP contribution in [-0.4, -0.2) is 114 Å². The minimum atomic E-state index is -4.81. The summed E-state index contributed by atoms with van der Waals surface area (Å²) in [5.41, 5.74) is -2.14. The Morgan fingerprint density at radius 3 is 2.14 bits per heavy atom. The number of alkyl halides is 3. The second kappa shape index (κ2) is 22.7. The monoisotopic (exact) mass is 929 g/mol. The summed E-state index contributed by atoms with van der Waals surface area (Å²) in [7, 11) is 2.84. The molecule has 3 fully saturated rings. The Balaban J connectivity index is 1.62. The van der Waals surface area contributed by atoms with Gasteiger partial charge in [-0.05, 0) is 99.8 Å². The number of nitrogens with zero attached hydrogens (tertiary/aromatic N) is 2. The smallest absolute Gasteiger partial charge is 0.354 e. The third-order valence-corrected chi connectivity index (χ3v) is 13.2. The van der Waals surface area contributed by atoms with Crippen LogP contribution in [0.4, 0.5) is 13.2 Å². The van der Waals surface area contributed by atoms with Gasteiger partial charge in [-0.1, -0.05) is 70.2 Å². The van der Waals surface area contributed by atoms with Crippen LogP contribution in [0.25, 0.3) is 0 Å². The fourth-order valence-corrected chi connectivity index (χ4v) is 8.86. The molecule has 14 nitrogen and oxygen atoms in total. The molecule has 63 heavy (non-hydrogen) atoms. The maximum atomic E-state index is 14.5. The van der Waals surface area contributed by atoms with Crippen LogP contribution in [0.3, 0.4) is 0 Å². The van der Waals surface area contributed by atoms with Crippen molar-refractivity contribution in [2.24, 2.45) is 17.3 Å². The molecule has 1 aliphatic heterocycles. The minimum Gasteiger partial charge on any atom is -0.354 e. The van der Waals surface area contributed by atoms with Crippen molar-refractivity contribution in [2.75, 3.05) is 20.6 Å². The van der Waals surface area contributed by atoms with Gasteiger partial charge in [0, 0.05) is 37.1 Å². The third kappa shape index (κ3) is 13.2. The Morgan fingerprint density at radius 2 is 1.56 bits per heavy atom. The highest BCUT2D eigenvalue weighted by Crippen LogP contribution is 2.49. The molecule has 3 aliphatic rings. The molecule has 0 spiro atoms.